The van der Waals surface area contributed by atoms with Crippen molar-refractivity contribution in [2.45, 2.75) is 0 Å². The summed E-state index contributed by atoms with van der Waals surface area (Å²) in [5.41, 5.74) is 2.08. The fourth-order valence-electron chi connectivity index (χ4n) is 1.89. The predicted octanol–water partition coefficient (Wildman–Crippen LogP) is 2.62. The van der Waals surface area contributed by atoms with Crippen LogP contribution >= 0.6 is 0 Å². The van der Waals surface area contributed by atoms with Gasteiger partial charge in [-0.15, -0.1) is 0 Å². The second-order valence-electron chi connectivity index (χ2n) is 3.70. The molecule has 0 unspecified atom stereocenters. The van der Waals surface area contributed by atoms with Gasteiger partial charge in [0.1, 0.15) is 5.75 Å². The minimum absolute atomic E-state index is 0.0658. The first-order valence-electron chi connectivity index (χ1n) is 5.01. The van der Waals surface area contributed by atoms with E-state index in [1.807, 2.05) is 12.1 Å². The third-order valence-corrected chi connectivity index (χ3v) is 2.68. The fourth-order valence-corrected chi connectivity index (χ4v) is 1.89. The fraction of sp³-hybridized carbons (Fsp3) is 0.0833. The largest absolute Gasteiger partial charge is 0.497 e. The number of aromatic nitrogens is 1. The molecule has 0 bridgehead atoms. The lowest BCUT2D eigenvalue weighted by molar-refractivity contribution is 0.0665. The maximum atomic E-state index is 10.8. The van der Waals surface area contributed by atoms with Gasteiger partial charge in [-0.3, -0.25) is 0 Å². The lowest BCUT2D eigenvalue weighted by Crippen LogP contribution is -1.91. The molecule has 2 N–H and O–H groups in total. The highest BCUT2D eigenvalue weighted by atomic mass is 16.5. The number of H-pyrrole nitrogens is 1. The van der Waals surface area contributed by atoms with E-state index < -0.39 is 5.97 Å². The van der Waals surface area contributed by atoms with E-state index >= 15 is 0 Å². The van der Waals surface area contributed by atoms with E-state index in [1.54, 1.807) is 13.2 Å². The minimum Gasteiger partial charge on any atom is -0.497 e. The van der Waals surface area contributed by atoms with E-state index in [0.717, 1.165) is 16.7 Å². The SMILES string of the molecule is COc1ccc2c(c1)[nH]c1cc(C(=O)O)oc12. The van der Waals surface area contributed by atoms with Gasteiger partial charge < -0.3 is 19.2 Å². The van der Waals surface area contributed by atoms with Crippen LogP contribution in [0.25, 0.3) is 22.0 Å². The van der Waals surface area contributed by atoms with Crippen LogP contribution in [0.3, 0.4) is 0 Å². The van der Waals surface area contributed by atoms with Crippen molar-refractivity contribution < 1.29 is 19.1 Å². The highest BCUT2D eigenvalue weighted by molar-refractivity contribution is 6.06. The van der Waals surface area contributed by atoms with Crippen molar-refractivity contribution >= 4 is 28.0 Å². The molecular formula is C12H9NO4. The standard InChI is InChI=1S/C12H9NO4/c1-16-6-2-3-7-8(4-6)13-9-5-10(12(14)15)17-11(7)9/h2-5,13H,1H3,(H,14,15). The first-order valence-corrected chi connectivity index (χ1v) is 5.01. The van der Waals surface area contributed by atoms with Gasteiger partial charge in [0.2, 0.25) is 5.76 Å². The maximum Gasteiger partial charge on any atom is 0.371 e. The number of carboxylic acids is 1. The highest BCUT2D eigenvalue weighted by Crippen LogP contribution is 2.30. The molecule has 86 valence electrons. The summed E-state index contributed by atoms with van der Waals surface area (Å²) in [7, 11) is 1.59. The zero-order chi connectivity index (χ0) is 12.0. The number of aromatic carboxylic acids is 1. The van der Waals surface area contributed by atoms with Crippen molar-refractivity contribution in [3.8, 4) is 5.75 Å². The van der Waals surface area contributed by atoms with Gasteiger partial charge in [-0.2, -0.15) is 0 Å². The average Bonchev–Trinajstić information content (AvgIpc) is 2.84. The first-order chi connectivity index (χ1) is 8.19. The van der Waals surface area contributed by atoms with Crippen molar-refractivity contribution in [3.63, 3.8) is 0 Å². The molecule has 0 saturated heterocycles. The molecule has 0 aliphatic rings. The van der Waals surface area contributed by atoms with Gasteiger partial charge in [0.15, 0.2) is 5.58 Å². The molecule has 0 saturated carbocycles. The van der Waals surface area contributed by atoms with Crippen molar-refractivity contribution in [1.82, 2.24) is 4.98 Å². The summed E-state index contributed by atoms with van der Waals surface area (Å²) in [6, 6.07) is 6.95. The van der Waals surface area contributed by atoms with E-state index in [4.69, 9.17) is 14.3 Å². The summed E-state index contributed by atoms with van der Waals surface area (Å²) in [6.07, 6.45) is 0. The molecule has 0 radical (unpaired) electrons. The molecular weight excluding hydrogens is 222 g/mol. The molecule has 2 heterocycles. The monoisotopic (exact) mass is 231 g/mol. The Balaban J connectivity index is 2.30. The number of furan rings is 1. The summed E-state index contributed by atoms with van der Waals surface area (Å²) in [6.45, 7) is 0. The molecule has 0 atom stereocenters. The second kappa shape index (κ2) is 3.28. The van der Waals surface area contributed by atoms with Crippen LogP contribution in [0.4, 0.5) is 0 Å². The van der Waals surface area contributed by atoms with E-state index in [-0.39, 0.29) is 5.76 Å². The molecule has 2 aromatic heterocycles. The van der Waals surface area contributed by atoms with E-state index in [1.165, 1.54) is 6.07 Å². The quantitative estimate of drug-likeness (QED) is 0.710. The van der Waals surface area contributed by atoms with E-state index in [9.17, 15) is 4.79 Å². The molecule has 1 aromatic carbocycles. The smallest absolute Gasteiger partial charge is 0.371 e. The summed E-state index contributed by atoms with van der Waals surface area (Å²) in [5.74, 6) is -0.403. The summed E-state index contributed by atoms with van der Waals surface area (Å²) in [4.78, 5) is 13.9. The van der Waals surface area contributed by atoms with E-state index in [2.05, 4.69) is 4.98 Å². The van der Waals surface area contributed by atoms with Gasteiger partial charge in [-0.25, -0.2) is 4.79 Å². The number of hydrogen-bond donors (Lipinski definition) is 2. The predicted molar refractivity (Wildman–Crippen MR) is 61.6 cm³/mol. The number of carbonyl (C=O) groups is 1. The van der Waals surface area contributed by atoms with Crippen LogP contribution in [0.2, 0.25) is 0 Å². The highest BCUT2D eigenvalue weighted by Gasteiger charge is 2.14. The summed E-state index contributed by atoms with van der Waals surface area (Å²) >= 11 is 0. The Hall–Kier alpha value is -2.43. The Morgan fingerprint density at radius 1 is 1.35 bits per heavy atom. The molecule has 3 rings (SSSR count). The Morgan fingerprint density at radius 3 is 2.88 bits per heavy atom. The summed E-state index contributed by atoms with van der Waals surface area (Å²) in [5, 5.41) is 9.67. The molecule has 17 heavy (non-hydrogen) atoms. The van der Waals surface area contributed by atoms with Crippen molar-refractivity contribution in [2.75, 3.05) is 7.11 Å². The zero-order valence-corrected chi connectivity index (χ0v) is 8.98. The van der Waals surface area contributed by atoms with Crippen LogP contribution in [0.1, 0.15) is 10.6 Å². The van der Waals surface area contributed by atoms with Crippen LogP contribution in [0.5, 0.6) is 5.75 Å². The van der Waals surface area contributed by atoms with Crippen LogP contribution in [0.15, 0.2) is 28.7 Å². The Bertz CT molecular complexity index is 723. The Kier molecular flexibility index (Phi) is 1.89. The third kappa shape index (κ3) is 1.36. The van der Waals surface area contributed by atoms with Crippen LogP contribution in [0, 0.1) is 0 Å². The number of hydrogen-bond acceptors (Lipinski definition) is 3. The van der Waals surface area contributed by atoms with Crippen LogP contribution < -0.4 is 4.74 Å². The molecule has 5 heteroatoms. The van der Waals surface area contributed by atoms with Crippen LogP contribution in [-0.2, 0) is 0 Å². The topological polar surface area (TPSA) is 75.5 Å². The molecule has 0 aliphatic heterocycles. The molecule has 3 aromatic rings. The molecule has 0 amide bonds. The first kappa shape index (κ1) is 9.77. The second-order valence-corrected chi connectivity index (χ2v) is 3.70. The number of nitrogens with one attached hydrogen (secondary N) is 1. The number of benzene rings is 1. The lowest BCUT2D eigenvalue weighted by Gasteiger charge is -1.97. The number of carboxylic acid groups (broad SMARTS) is 1. The number of fused-ring (bicyclic) bond motifs is 3. The lowest BCUT2D eigenvalue weighted by atomic mass is 10.2. The third-order valence-electron chi connectivity index (χ3n) is 2.68. The maximum absolute atomic E-state index is 10.8. The Labute approximate surface area is 95.6 Å². The van der Waals surface area contributed by atoms with Gasteiger partial charge in [0.05, 0.1) is 18.1 Å². The number of rotatable bonds is 2. The van der Waals surface area contributed by atoms with Crippen LogP contribution in [-0.4, -0.2) is 23.2 Å². The van der Waals surface area contributed by atoms with Crippen molar-refractivity contribution in [1.29, 1.82) is 0 Å². The normalized spacial score (nSPS) is 11.1. The molecule has 0 spiro atoms. The summed E-state index contributed by atoms with van der Waals surface area (Å²) < 4.78 is 10.4. The van der Waals surface area contributed by atoms with Gasteiger partial charge in [-0.05, 0) is 12.1 Å². The number of ether oxygens (including phenoxy) is 1. The van der Waals surface area contributed by atoms with Gasteiger partial charge in [-0.1, -0.05) is 0 Å². The van der Waals surface area contributed by atoms with Gasteiger partial charge in [0.25, 0.3) is 0 Å². The number of aromatic amines is 1. The molecule has 0 aliphatic carbocycles. The van der Waals surface area contributed by atoms with Crippen molar-refractivity contribution in [2.24, 2.45) is 0 Å². The molecule has 0 fully saturated rings. The average molecular weight is 231 g/mol. The van der Waals surface area contributed by atoms with Gasteiger partial charge >= 0.3 is 5.97 Å². The zero-order valence-electron chi connectivity index (χ0n) is 8.98. The van der Waals surface area contributed by atoms with Gasteiger partial charge in [0, 0.05) is 17.5 Å². The number of methoxy groups -OCH3 is 1. The molecule has 5 nitrogen and oxygen atoms in total. The van der Waals surface area contributed by atoms with Crippen molar-refractivity contribution in [3.05, 3.63) is 30.0 Å². The van der Waals surface area contributed by atoms with E-state index in [0.29, 0.717) is 11.1 Å². The Morgan fingerprint density at radius 2 is 2.18 bits per heavy atom. The minimum atomic E-state index is -1.07.